The third-order valence-electron chi connectivity index (χ3n) is 3.33. The quantitative estimate of drug-likeness (QED) is 0.535. The summed E-state index contributed by atoms with van der Waals surface area (Å²) < 4.78 is 3.04. The Bertz CT molecular complexity index is 981. The number of aryl methyl sites for hydroxylation is 2. The SMILES string of the molecule is CCn1c(=NC(=O)c2ccc([N+](=O)[O-])s2)sc2cc(C)ccc21. The summed E-state index contributed by atoms with van der Waals surface area (Å²) in [6.45, 7) is 4.70. The van der Waals surface area contributed by atoms with Gasteiger partial charge in [0.05, 0.1) is 15.1 Å². The number of thiophene rings is 1. The highest BCUT2D eigenvalue weighted by molar-refractivity contribution is 7.17. The smallest absolute Gasteiger partial charge is 0.317 e. The Kier molecular flexibility index (Phi) is 4.10. The number of nitro groups is 1. The highest BCUT2D eigenvalue weighted by atomic mass is 32.1. The molecule has 0 unspecified atom stereocenters. The largest absolute Gasteiger partial charge is 0.324 e. The van der Waals surface area contributed by atoms with Gasteiger partial charge in [-0.3, -0.25) is 14.9 Å². The summed E-state index contributed by atoms with van der Waals surface area (Å²) in [6, 6.07) is 8.88. The van der Waals surface area contributed by atoms with Crippen LogP contribution in [0.1, 0.15) is 22.2 Å². The molecule has 1 amide bonds. The van der Waals surface area contributed by atoms with E-state index < -0.39 is 10.8 Å². The molecule has 0 aliphatic rings. The van der Waals surface area contributed by atoms with Crippen molar-refractivity contribution >= 4 is 43.8 Å². The molecule has 6 nitrogen and oxygen atoms in total. The monoisotopic (exact) mass is 347 g/mol. The van der Waals surface area contributed by atoms with Crippen molar-refractivity contribution < 1.29 is 9.72 Å². The number of hydrogen-bond donors (Lipinski definition) is 0. The van der Waals surface area contributed by atoms with E-state index in [4.69, 9.17) is 0 Å². The van der Waals surface area contributed by atoms with Gasteiger partial charge >= 0.3 is 5.00 Å². The van der Waals surface area contributed by atoms with Crippen molar-refractivity contribution in [3.05, 3.63) is 55.7 Å². The lowest BCUT2D eigenvalue weighted by Gasteiger charge is -2.00. The second kappa shape index (κ2) is 6.05. The van der Waals surface area contributed by atoms with E-state index in [1.54, 1.807) is 0 Å². The highest BCUT2D eigenvalue weighted by Crippen LogP contribution is 2.24. The minimum absolute atomic E-state index is 0.0566. The molecule has 0 aliphatic carbocycles. The molecule has 0 aliphatic heterocycles. The summed E-state index contributed by atoms with van der Waals surface area (Å²) in [7, 11) is 0. The maximum absolute atomic E-state index is 12.3. The van der Waals surface area contributed by atoms with Crippen LogP contribution in [0, 0.1) is 17.0 Å². The van der Waals surface area contributed by atoms with Crippen LogP contribution >= 0.6 is 22.7 Å². The summed E-state index contributed by atoms with van der Waals surface area (Å²) in [4.78, 5) is 27.5. The van der Waals surface area contributed by atoms with Crippen LogP contribution < -0.4 is 4.80 Å². The van der Waals surface area contributed by atoms with E-state index in [0.717, 1.165) is 27.1 Å². The molecule has 118 valence electrons. The second-order valence-electron chi connectivity index (χ2n) is 4.91. The fourth-order valence-electron chi connectivity index (χ4n) is 2.25. The first-order valence-electron chi connectivity index (χ1n) is 6.93. The van der Waals surface area contributed by atoms with E-state index in [9.17, 15) is 14.9 Å². The summed E-state index contributed by atoms with van der Waals surface area (Å²) in [6.07, 6.45) is 0. The number of aromatic nitrogens is 1. The first-order chi connectivity index (χ1) is 11.0. The molecule has 0 spiro atoms. The van der Waals surface area contributed by atoms with E-state index in [0.29, 0.717) is 11.3 Å². The Morgan fingerprint density at radius 1 is 1.30 bits per heavy atom. The second-order valence-corrected chi connectivity index (χ2v) is 6.98. The average molecular weight is 347 g/mol. The minimum atomic E-state index is -0.504. The summed E-state index contributed by atoms with van der Waals surface area (Å²) >= 11 is 2.29. The van der Waals surface area contributed by atoms with Gasteiger partial charge in [-0.15, -0.1) is 0 Å². The maximum atomic E-state index is 12.3. The van der Waals surface area contributed by atoms with Crippen LogP contribution in [0.25, 0.3) is 10.2 Å². The molecule has 0 atom stereocenters. The van der Waals surface area contributed by atoms with Crippen LogP contribution in [-0.2, 0) is 6.54 Å². The third kappa shape index (κ3) is 2.95. The van der Waals surface area contributed by atoms with E-state index in [2.05, 4.69) is 11.1 Å². The number of rotatable bonds is 3. The van der Waals surface area contributed by atoms with Crippen molar-refractivity contribution in [1.82, 2.24) is 4.57 Å². The van der Waals surface area contributed by atoms with E-state index >= 15 is 0 Å². The Hall–Kier alpha value is -2.32. The normalized spacial score (nSPS) is 12.0. The molecule has 0 saturated carbocycles. The van der Waals surface area contributed by atoms with Crippen molar-refractivity contribution in [2.24, 2.45) is 4.99 Å². The van der Waals surface area contributed by atoms with Crippen LogP contribution in [-0.4, -0.2) is 15.4 Å². The van der Waals surface area contributed by atoms with E-state index in [1.807, 2.05) is 30.5 Å². The summed E-state index contributed by atoms with van der Waals surface area (Å²) in [5.74, 6) is -0.450. The average Bonchev–Trinajstić information content (AvgIpc) is 3.10. The van der Waals surface area contributed by atoms with E-state index in [1.165, 1.54) is 23.5 Å². The fraction of sp³-hybridized carbons (Fsp3) is 0.200. The Morgan fingerprint density at radius 2 is 2.09 bits per heavy atom. The predicted octanol–water partition coefficient (Wildman–Crippen LogP) is 3.74. The predicted molar refractivity (Wildman–Crippen MR) is 91.1 cm³/mol. The third-order valence-corrected chi connectivity index (χ3v) is 5.40. The molecule has 0 fully saturated rings. The van der Waals surface area contributed by atoms with Crippen LogP contribution in [0.2, 0.25) is 0 Å². The van der Waals surface area contributed by atoms with Crippen molar-refractivity contribution in [3.63, 3.8) is 0 Å². The molecular formula is C15H13N3O3S2. The molecule has 0 N–H and O–H groups in total. The number of carbonyl (C=O) groups excluding carboxylic acids is 1. The summed E-state index contributed by atoms with van der Waals surface area (Å²) in [5.41, 5.74) is 2.18. The standard InChI is InChI=1S/C15H13N3O3S2/c1-3-17-10-5-4-9(2)8-12(10)23-15(17)16-14(19)11-6-7-13(22-11)18(20)21/h4-8H,3H2,1-2H3. The molecule has 3 rings (SSSR count). The number of hydrogen-bond acceptors (Lipinski definition) is 5. The molecule has 0 radical (unpaired) electrons. The van der Waals surface area contributed by atoms with Crippen molar-refractivity contribution in [1.29, 1.82) is 0 Å². The lowest BCUT2D eigenvalue weighted by Crippen LogP contribution is -2.15. The number of nitrogens with zero attached hydrogens (tertiary/aromatic N) is 3. The minimum Gasteiger partial charge on any atom is -0.317 e. The lowest BCUT2D eigenvalue weighted by atomic mass is 10.2. The molecule has 0 bridgehead atoms. The van der Waals surface area contributed by atoms with Crippen LogP contribution in [0.4, 0.5) is 5.00 Å². The maximum Gasteiger partial charge on any atom is 0.324 e. The first kappa shape index (κ1) is 15.6. The molecule has 2 heterocycles. The fourth-order valence-corrected chi connectivity index (χ4v) is 4.15. The topological polar surface area (TPSA) is 77.5 Å². The van der Waals surface area contributed by atoms with Crippen LogP contribution in [0.5, 0.6) is 0 Å². The van der Waals surface area contributed by atoms with Gasteiger partial charge in [-0.05, 0) is 37.6 Å². The van der Waals surface area contributed by atoms with E-state index in [-0.39, 0.29) is 9.88 Å². The number of amides is 1. The molecule has 23 heavy (non-hydrogen) atoms. The van der Waals surface area contributed by atoms with Gasteiger partial charge in [0, 0.05) is 12.6 Å². The number of benzene rings is 1. The Morgan fingerprint density at radius 3 is 2.74 bits per heavy atom. The Labute approximate surface area is 139 Å². The van der Waals surface area contributed by atoms with Gasteiger partial charge < -0.3 is 4.57 Å². The summed E-state index contributed by atoms with van der Waals surface area (Å²) in [5, 5.41) is 10.7. The highest BCUT2D eigenvalue weighted by Gasteiger charge is 2.15. The van der Waals surface area contributed by atoms with Crippen molar-refractivity contribution in [2.45, 2.75) is 20.4 Å². The molecule has 1 aromatic carbocycles. The lowest BCUT2D eigenvalue weighted by molar-refractivity contribution is -0.380. The zero-order chi connectivity index (χ0) is 16.6. The van der Waals surface area contributed by atoms with Gasteiger partial charge in [-0.2, -0.15) is 4.99 Å². The van der Waals surface area contributed by atoms with Gasteiger partial charge in [0.1, 0.15) is 4.88 Å². The molecular weight excluding hydrogens is 334 g/mol. The van der Waals surface area contributed by atoms with Gasteiger partial charge in [0.2, 0.25) is 0 Å². The zero-order valence-corrected chi connectivity index (χ0v) is 14.1. The molecule has 2 aromatic heterocycles. The van der Waals surface area contributed by atoms with Gasteiger partial charge in [0.15, 0.2) is 4.80 Å². The zero-order valence-electron chi connectivity index (χ0n) is 12.5. The molecule has 0 saturated heterocycles. The van der Waals surface area contributed by atoms with Crippen molar-refractivity contribution in [3.8, 4) is 0 Å². The van der Waals surface area contributed by atoms with Gasteiger partial charge in [-0.25, -0.2) is 0 Å². The van der Waals surface area contributed by atoms with Gasteiger partial charge in [0.25, 0.3) is 5.91 Å². The van der Waals surface area contributed by atoms with Crippen molar-refractivity contribution in [2.75, 3.05) is 0 Å². The first-order valence-corrected chi connectivity index (χ1v) is 8.56. The number of thiazole rings is 1. The van der Waals surface area contributed by atoms with Gasteiger partial charge in [-0.1, -0.05) is 28.7 Å². The number of fused-ring (bicyclic) bond motifs is 1. The molecule has 3 aromatic rings. The Balaban J connectivity index is 2.08. The molecule has 8 heteroatoms. The van der Waals surface area contributed by atoms with Crippen LogP contribution in [0.15, 0.2) is 35.3 Å². The van der Waals surface area contributed by atoms with Crippen LogP contribution in [0.3, 0.4) is 0 Å². The number of carbonyl (C=O) groups is 1.